The minimum atomic E-state index is 0.257. The maximum absolute atomic E-state index is 6.03. The van der Waals surface area contributed by atoms with Gasteiger partial charge in [0.2, 0.25) is 0 Å². The topological polar surface area (TPSA) is 21.3 Å². The number of halogens is 1. The van der Waals surface area contributed by atoms with Crippen molar-refractivity contribution in [1.82, 2.24) is 5.32 Å². The lowest BCUT2D eigenvalue weighted by Gasteiger charge is -2.35. The van der Waals surface area contributed by atoms with Crippen LogP contribution in [0.2, 0.25) is 5.02 Å². The molecule has 1 aliphatic heterocycles. The van der Waals surface area contributed by atoms with E-state index in [2.05, 4.69) is 19.2 Å². The molecule has 1 aromatic rings. The first kappa shape index (κ1) is 14.2. The molecule has 1 heterocycles. The SMILES string of the molecule is CC1CCCC(NCC2Cc3cc(Cl)ccc3O2)C1C. The molecule has 2 nitrogen and oxygen atoms in total. The van der Waals surface area contributed by atoms with Crippen molar-refractivity contribution in [2.45, 2.75) is 51.7 Å². The van der Waals surface area contributed by atoms with Gasteiger partial charge in [-0.2, -0.15) is 0 Å². The monoisotopic (exact) mass is 293 g/mol. The number of hydrogen-bond acceptors (Lipinski definition) is 2. The van der Waals surface area contributed by atoms with E-state index in [4.69, 9.17) is 16.3 Å². The van der Waals surface area contributed by atoms with Crippen molar-refractivity contribution in [2.75, 3.05) is 6.54 Å². The van der Waals surface area contributed by atoms with Gasteiger partial charge < -0.3 is 10.1 Å². The molecule has 3 heteroatoms. The van der Waals surface area contributed by atoms with Crippen molar-refractivity contribution in [2.24, 2.45) is 11.8 Å². The fourth-order valence-corrected chi connectivity index (χ4v) is 3.75. The second-order valence-corrected chi connectivity index (χ2v) is 6.91. The number of hydrogen-bond donors (Lipinski definition) is 1. The van der Waals surface area contributed by atoms with Crippen LogP contribution in [0.4, 0.5) is 0 Å². The van der Waals surface area contributed by atoms with Crippen LogP contribution in [0.1, 0.15) is 38.7 Å². The van der Waals surface area contributed by atoms with Crippen molar-refractivity contribution in [3.63, 3.8) is 0 Å². The van der Waals surface area contributed by atoms with Crippen LogP contribution in [0.15, 0.2) is 18.2 Å². The summed E-state index contributed by atoms with van der Waals surface area (Å²) in [5.74, 6) is 2.61. The second-order valence-electron chi connectivity index (χ2n) is 6.48. The van der Waals surface area contributed by atoms with E-state index in [-0.39, 0.29) is 6.10 Å². The second kappa shape index (κ2) is 5.95. The van der Waals surface area contributed by atoms with E-state index >= 15 is 0 Å². The molecular weight excluding hydrogens is 270 g/mol. The van der Waals surface area contributed by atoms with Crippen molar-refractivity contribution >= 4 is 11.6 Å². The average molecular weight is 294 g/mol. The molecule has 0 spiro atoms. The predicted octanol–water partition coefficient (Wildman–Crippen LogP) is 4.06. The Balaban J connectivity index is 1.53. The van der Waals surface area contributed by atoms with E-state index in [0.717, 1.165) is 35.6 Å². The first-order valence-electron chi connectivity index (χ1n) is 7.82. The highest BCUT2D eigenvalue weighted by molar-refractivity contribution is 6.30. The first-order valence-corrected chi connectivity index (χ1v) is 8.19. The highest BCUT2D eigenvalue weighted by atomic mass is 35.5. The number of fused-ring (bicyclic) bond motifs is 1. The van der Waals surface area contributed by atoms with Gasteiger partial charge in [0.25, 0.3) is 0 Å². The highest BCUT2D eigenvalue weighted by Gasteiger charge is 2.29. The zero-order valence-electron chi connectivity index (χ0n) is 12.4. The molecule has 20 heavy (non-hydrogen) atoms. The van der Waals surface area contributed by atoms with Crippen molar-refractivity contribution < 1.29 is 4.74 Å². The van der Waals surface area contributed by atoms with Crippen LogP contribution < -0.4 is 10.1 Å². The van der Waals surface area contributed by atoms with Crippen molar-refractivity contribution in [3.8, 4) is 5.75 Å². The smallest absolute Gasteiger partial charge is 0.123 e. The third-order valence-electron chi connectivity index (χ3n) is 5.08. The molecule has 110 valence electrons. The fraction of sp³-hybridized carbons (Fsp3) is 0.647. The van der Waals surface area contributed by atoms with Crippen LogP contribution in [-0.2, 0) is 6.42 Å². The summed E-state index contributed by atoms with van der Waals surface area (Å²) in [5.41, 5.74) is 1.24. The summed E-state index contributed by atoms with van der Waals surface area (Å²) in [5, 5.41) is 4.54. The zero-order chi connectivity index (χ0) is 14.1. The predicted molar refractivity (Wildman–Crippen MR) is 83.5 cm³/mol. The van der Waals surface area contributed by atoms with E-state index < -0.39 is 0 Å². The average Bonchev–Trinajstić information content (AvgIpc) is 2.82. The van der Waals surface area contributed by atoms with Crippen LogP contribution in [0.25, 0.3) is 0 Å². The lowest BCUT2D eigenvalue weighted by atomic mass is 9.78. The summed E-state index contributed by atoms with van der Waals surface area (Å²) >= 11 is 6.03. The molecule has 0 bridgehead atoms. The third-order valence-corrected chi connectivity index (χ3v) is 5.31. The molecule has 0 saturated heterocycles. The van der Waals surface area contributed by atoms with E-state index in [9.17, 15) is 0 Å². The van der Waals surface area contributed by atoms with Gasteiger partial charge in [0.15, 0.2) is 0 Å². The zero-order valence-corrected chi connectivity index (χ0v) is 13.1. The molecule has 1 N–H and O–H groups in total. The molecule has 1 saturated carbocycles. The van der Waals surface area contributed by atoms with Crippen LogP contribution in [0.3, 0.4) is 0 Å². The standard InChI is InChI=1S/C17H24ClNO/c1-11-4-3-5-16(12(11)2)19-10-15-9-13-8-14(18)6-7-17(13)20-15/h6-8,11-12,15-16,19H,3-5,9-10H2,1-2H3. The molecule has 0 amide bonds. The Morgan fingerprint density at radius 1 is 1.30 bits per heavy atom. The Morgan fingerprint density at radius 3 is 3.00 bits per heavy atom. The maximum atomic E-state index is 6.03. The van der Waals surface area contributed by atoms with Gasteiger partial charge in [0.05, 0.1) is 0 Å². The molecule has 3 rings (SSSR count). The summed E-state index contributed by atoms with van der Waals surface area (Å²) in [6.45, 7) is 5.70. The Hall–Kier alpha value is -0.730. The third kappa shape index (κ3) is 2.96. The molecule has 0 radical (unpaired) electrons. The molecule has 4 atom stereocenters. The number of ether oxygens (including phenoxy) is 1. The van der Waals surface area contributed by atoms with Crippen LogP contribution in [-0.4, -0.2) is 18.7 Å². The van der Waals surface area contributed by atoms with Gasteiger partial charge in [-0.1, -0.05) is 38.3 Å². The van der Waals surface area contributed by atoms with Gasteiger partial charge in [0.1, 0.15) is 11.9 Å². The molecular formula is C17H24ClNO. The van der Waals surface area contributed by atoms with Crippen LogP contribution >= 0.6 is 11.6 Å². The summed E-state index contributed by atoms with van der Waals surface area (Å²) in [7, 11) is 0. The maximum Gasteiger partial charge on any atom is 0.123 e. The van der Waals surface area contributed by atoms with Gasteiger partial charge >= 0.3 is 0 Å². The number of benzene rings is 1. The molecule has 1 fully saturated rings. The number of nitrogens with one attached hydrogen (secondary N) is 1. The van der Waals surface area contributed by atoms with E-state index in [1.807, 2.05) is 18.2 Å². The van der Waals surface area contributed by atoms with Gasteiger partial charge in [-0.25, -0.2) is 0 Å². The van der Waals surface area contributed by atoms with Crippen LogP contribution in [0, 0.1) is 11.8 Å². The van der Waals surface area contributed by atoms with E-state index in [0.29, 0.717) is 6.04 Å². The normalized spacial score (nSPS) is 32.8. The Bertz CT molecular complexity index is 476. The van der Waals surface area contributed by atoms with Crippen LogP contribution in [0.5, 0.6) is 5.75 Å². The van der Waals surface area contributed by atoms with E-state index in [1.54, 1.807) is 0 Å². The lowest BCUT2D eigenvalue weighted by Crippen LogP contribution is -2.44. The highest BCUT2D eigenvalue weighted by Crippen LogP contribution is 2.32. The summed E-state index contributed by atoms with van der Waals surface area (Å²) in [6, 6.07) is 6.57. The Kier molecular flexibility index (Phi) is 4.23. The Morgan fingerprint density at radius 2 is 2.15 bits per heavy atom. The van der Waals surface area contributed by atoms with Gasteiger partial charge in [-0.3, -0.25) is 0 Å². The van der Waals surface area contributed by atoms with Crippen molar-refractivity contribution in [3.05, 3.63) is 28.8 Å². The van der Waals surface area contributed by atoms with E-state index in [1.165, 1.54) is 24.8 Å². The molecule has 1 aliphatic carbocycles. The molecule has 2 aliphatic rings. The van der Waals surface area contributed by atoms with Crippen molar-refractivity contribution in [1.29, 1.82) is 0 Å². The Labute approximate surface area is 126 Å². The minimum Gasteiger partial charge on any atom is -0.488 e. The summed E-state index contributed by atoms with van der Waals surface area (Å²) in [4.78, 5) is 0. The summed E-state index contributed by atoms with van der Waals surface area (Å²) in [6.07, 6.45) is 5.26. The number of rotatable bonds is 3. The lowest BCUT2D eigenvalue weighted by molar-refractivity contribution is 0.173. The van der Waals surface area contributed by atoms with Gasteiger partial charge in [0, 0.05) is 24.0 Å². The summed E-state index contributed by atoms with van der Waals surface area (Å²) < 4.78 is 5.99. The molecule has 4 unspecified atom stereocenters. The molecule has 1 aromatic carbocycles. The van der Waals surface area contributed by atoms with Gasteiger partial charge in [-0.15, -0.1) is 0 Å². The van der Waals surface area contributed by atoms with Gasteiger partial charge in [-0.05, 0) is 42.0 Å². The first-order chi connectivity index (χ1) is 9.63. The fourth-order valence-electron chi connectivity index (χ4n) is 3.56. The largest absolute Gasteiger partial charge is 0.488 e. The minimum absolute atomic E-state index is 0.257. The molecule has 0 aromatic heterocycles. The quantitative estimate of drug-likeness (QED) is 0.907.